The van der Waals surface area contributed by atoms with Crippen LogP contribution in [0.2, 0.25) is 0 Å². The van der Waals surface area contributed by atoms with E-state index in [9.17, 15) is 5.11 Å². The summed E-state index contributed by atoms with van der Waals surface area (Å²) in [6.07, 6.45) is 9.86. The summed E-state index contributed by atoms with van der Waals surface area (Å²) in [5.41, 5.74) is 1.50. The Labute approximate surface area is 128 Å². The molecule has 3 heterocycles. The van der Waals surface area contributed by atoms with Gasteiger partial charge in [0.1, 0.15) is 17.0 Å². The average molecular weight is 303 g/mol. The van der Waals surface area contributed by atoms with Crippen molar-refractivity contribution in [2.75, 3.05) is 18.1 Å². The smallest absolute Gasteiger partial charge is 0.141 e. The number of aromatic nitrogens is 2. The molecule has 2 aliphatic rings. The predicted molar refractivity (Wildman–Crippen MR) is 86.1 cm³/mol. The molecule has 0 radical (unpaired) electrons. The minimum atomic E-state index is 0.261. The third-order valence-corrected chi connectivity index (χ3v) is 6.04. The summed E-state index contributed by atoms with van der Waals surface area (Å²) < 4.78 is 0. The average Bonchev–Trinajstić information content (AvgIpc) is 3.08. The first-order valence-corrected chi connectivity index (χ1v) is 8.83. The van der Waals surface area contributed by atoms with Gasteiger partial charge in [-0.15, -0.1) is 11.3 Å². The minimum absolute atomic E-state index is 0.261. The van der Waals surface area contributed by atoms with Gasteiger partial charge in [0.25, 0.3) is 0 Å². The first-order valence-electron chi connectivity index (χ1n) is 8.01. The molecule has 1 aliphatic heterocycles. The van der Waals surface area contributed by atoms with E-state index in [1.54, 1.807) is 6.33 Å². The molecule has 2 aromatic rings. The van der Waals surface area contributed by atoms with Crippen LogP contribution >= 0.6 is 11.3 Å². The Morgan fingerprint density at radius 2 is 2.19 bits per heavy atom. The summed E-state index contributed by atoms with van der Waals surface area (Å²) in [4.78, 5) is 14.3. The van der Waals surface area contributed by atoms with Gasteiger partial charge in [0.15, 0.2) is 0 Å². The Morgan fingerprint density at radius 3 is 3.10 bits per heavy atom. The molecule has 0 aromatic carbocycles. The Kier molecular flexibility index (Phi) is 3.55. The Morgan fingerprint density at radius 1 is 1.24 bits per heavy atom. The number of rotatable bonds is 3. The number of aliphatic hydroxyl groups is 1. The molecule has 5 heteroatoms. The lowest BCUT2D eigenvalue weighted by atomic mass is 9.99. The molecule has 1 N–H and O–H groups in total. The molecule has 2 aromatic heterocycles. The van der Waals surface area contributed by atoms with Gasteiger partial charge in [-0.25, -0.2) is 9.97 Å². The van der Waals surface area contributed by atoms with Crippen LogP contribution < -0.4 is 4.90 Å². The highest BCUT2D eigenvalue weighted by molar-refractivity contribution is 7.19. The zero-order valence-corrected chi connectivity index (χ0v) is 13.0. The van der Waals surface area contributed by atoms with Crippen molar-refractivity contribution < 1.29 is 5.11 Å². The molecule has 0 unspecified atom stereocenters. The van der Waals surface area contributed by atoms with E-state index < -0.39 is 0 Å². The summed E-state index contributed by atoms with van der Waals surface area (Å²) >= 11 is 1.85. The zero-order valence-electron chi connectivity index (χ0n) is 12.2. The Hall–Kier alpha value is -1.20. The number of aryl methyl sites for hydroxylation is 2. The summed E-state index contributed by atoms with van der Waals surface area (Å²) in [6, 6.07) is 0.429. The van der Waals surface area contributed by atoms with Crippen LogP contribution in [-0.2, 0) is 12.8 Å². The SMILES string of the molecule is OCC[C@@H]1CCCCN1c1ncnc2sc3c(c12)CCC3. The van der Waals surface area contributed by atoms with Gasteiger partial charge in [-0.3, -0.25) is 0 Å². The molecule has 0 spiro atoms. The fourth-order valence-corrected chi connectivity index (χ4v) is 5.08. The monoisotopic (exact) mass is 303 g/mol. The number of aliphatic hydroxyl groups excluding tert-OH is 1. The van der Waals surface area contributed by atoms with Crippen LogP contribution in [0.5, 0.6) is 0 Å². The van der Waals surface area contributed by atoms with Crippen LogP contribution in [0.3, 0.4) is 0 Å². The zero-order chi connectivity index (χ0) is 14.2. The van der Waals surface area contributed by atoms with E-state index >= 15 is 0 Å². The standard InChI is InChI=1S/C16H21N3OS/c20-9-7-11-4-1-2-8-19(11)15-14-12-5-3-6-13(12)21-16(14)18-10-17-15/h10-11,20H,1-9H2/t11-/m0/s1. The van der Waals surface area contributed by atoms with Crippen molar-refractivity contribution in [2.45, 2.75) is 51.0 Å². The Balaban J connectivity index is 1.81. The largest absolute Gasteiger partial charge is 0.396 e. The lowest BCUT2D eigenvalue weighted by Crippen LogP contribution is -2.40. The first kappa shape index (κ1) is 13.5. The predicted octanol–water partition coefficient (Wildman–Crippen LogP) is 2.92. The lowest BCUT2D eigenvalue weighted by molar-refractivity contribution is 0.262. The number of hydrogen-bond acceptors (Lipinski definition) is 5. The number of piperidine rings is 1. The maximum Gasteiger partial charge on any atom is 0.141 e. The topological polar surface area (TPSA) is 49.2 Å². The maximum absolute atomic E-state index is 9.35. The van der Waals surface area contributed by atoms with Crippen molar-refractivity contribution in [1.29, 1.82) is 0 Å². The molecule has 0 bridgehead atoms. The van der Waals surface area contributed by atoms with E-state index in [1.807, 2.05) is 11.3 Å². The van der Waals surface area contributed by atoms with Crippen LogP contribution in [0.25, 0.3) is 10.2 Å². The number of fused-ring (bicyclic) bond motifs is 3. The second-order valence-corrected chi connectivity index (χ2v) is 7.17. The van der Waals surface area contributed by atoms with E-state index in [0.29, 0.717) is 6.04 Å². The molecule has 21 heavy (non-hydrogen) atoms. The molecule has 112 valence electrons. The molecular formula is C16H21N3OS. The highest BCUT2D eigenvalue weighted by Crippen LogP contribution is 2.41. The van der Waals surface area contributed by atoms with E-state index in [4.69, 9.17) is 0 Å². The number of anilines is 1. The second kappa shape index (κ2) is 5.54. The van der Waals surface area contributed by atoms with Crippen molar-refractivity contribution in [3.05, 3.63) is 16.8 Å². The molecule has 0 saturated carbocycles. The molecule has 1 saturated heterocycles. The summed E-state index contributed by atoms with van der Waals surface area (Å²) in [6.45, 7) is 1.32. The van der Waals surface area contributed by atoms with Gasteiger partial charge in [0.05, 0.1) is 5.39 Å². The van der Waals surface area contributed by atoms with Gasteiger partial charge >= 0.3 is 0 Å². The van der Waals surface area contributed by atoms with E-state index in [0.717, 1.165) is 23.6 Å². The van der Waals surface area contributed by atoms with E-state index in [1.165, 1.54) is 54.4 Å². The van der Waals surface area contributed by atoms with Crippen molar-refractivity contribution >= 4 is 27.4 Å². The van der Waals surface area contributed by atoms with Gasteiger partial charge < -0.3 is 10.0 Å². The highest BCUT2D eigenvalue weighted by atomic mass is 32.1. The van der Waals surface area contributed by atoms with Gasteiger partial charge in [-0.05, 0) is 50.5 Å². The summed E-state index contributed by atoms with van der Waals surface area (Å²) in [5.74, 6) is 1.12. The van der Waals surface area contributed by atoms with Gasteiger partial charge in [0.2, 0.25) is 0 Å². The molecular weight excluding hydrogens is 282 g/mol. The fourth-order valence-electron chi connectivity index (χ4n) is 3.86. The van der Waals surface area contributed by atoms with Gasteiger partial charge in [0, 0.05) is 24.1 Å². The van der Waals surface area contributed by atoms with E-state index in [2.05, 4.69) is 14.9 Å². The van der Waals surface area contributed by atoms with Crippen molar-refractivity contribution in [3.8, 4) is 0 Å². The summed E-state index contributed by atoms with van der Waals surface area (Å²) in [5, 5.41) is 10.7. The first-order chi connectivity index (χ1) is 10.4. The molecule has 1 aliphatic carbocycles. The Bertz CT molecular complexity index is 652. The third kappa shape index (κ3) is 2.23. The molecule has 0 amide bonds. The van der Waals surface area contributed by atoms with Gasteiger partial charge in [-0.2, -0.15) is 0 Å². The van der Waals surface area contributed by atoms with Crippen molar-refractivity contribution in [1.82, 2.24) is 9.97 Å². The molecule has 1 fully saturated rings. The molecule has 4 rings (SSSR count). The molecule has 1 atom stereocenters. The van der Waals surface area contributed by atoms with Crippen LogP contribution in [-0.4, -0.2) is 34.3 Å². The quantitative estimate of drug-likeness (QED) is 0.947. The van der Waals surface area contributed by atoms with Crippen molar-refractivity contribution in [3.63, 3.8) is 0 Å². The fraction of sp³-hybridized carbons (Fsp3) is 0.625. The molecule has 4 nitrogen and oxygen atoms in total. The number of hydrogen-bond donors (Lipinski definition) is 1. The lowest BCUT2D eigenvalue weighted by Gasteiger charge is -2.36. The second-order valence-electron chi connectivity index (χ2n) is 6.09. The maximum atomic E-state index is 9.35. The van der Waals surface area contributed by atoms with Crippen LogP contribution in [0, 0.1) is 0 Å². The number of thiophene rings is 1. The van der Waals surface area contributed by atoms with Crippen LogP contribution in [0.4, 0.5) is 5.82 Å². The highest BCUT2D eigenvalue weighted by Gasteiger charge is 2.28. The van der Waals surface area contributed by atoms with Crippen molar-refractivity contribution in [2.24, 2.45) is 0 Å². The normalized spacial score (nSPS) is 22.0. The van der Waals surface area contributed by atoms with Crippen LogP contribution in [0.15, 0.2) is 6.33 Å². The van der Waals surface area contributed by atoms with Crippen LogP contribution in [0.1, 0.15) is 42.5 Å². The number of nitrogens with zero attached hydrogens (tertiary/aromatic N) is 3. The van der Waals surface area contributed by atoms with Gasteiger partial charge in [-0.1, -0.05) is 0 Å². The minimum Gasteiger partial charge on any atom is -0.396 e. The summed E-state index contributed by atoms with van der Waals surface area (Å²) in [7, 11) is 0. The van der Waals surface area contributed by atoms with E-state index in [-0.39, 0.29) is 6.61 Å². The third-order valence-electron chi connectivity index (χ3n) is 4.84.